The lowest BCUT2D eigenvalue weighted by Gasteiger charge is -2.25. The molecule has 0 bridgehead atoms. The zero-order chi connectivity index (χ0) is 39.0. The monoisotopic (exact) mass is 724 g/mol. The highest BCUT2D eigenvalue weighted by atomic mass is 16.5. The lowest BCUT2D eigenvalue weighted by Crippen LogP contribution is -2.29. The molecular weight excluding hydrogens is 677 g/mol. The lowest BCUT2D eigenvalue weighted by molar-refractivity contribution is 0.0513. The normalized spacial score (nSPS) is 10.0. The molecule has 0 fully saturated rings. The Kier molecular flexibility index (Phi) is 18.7. The van der Waals surface area contributed by atoms with Crippen LogP contribution in [-0.4, -0.2) is 51.3 Å². The maximum atomic E-state index is 13.1. The van der Waals surface area contributed by atoms with E-state index in [1.807, 2.05) is 72.8 Å². The van der Waals surface area contributed by atoms with Crippen molar-refractivity contribution in [2.45, 2.75) is 65.2 Å². The van der Waals surface area contributed by atoms with E-state index in [4.69, 9.17) is 30.5 Å². The van der Waals surface area contributed by atoms with Gasteiger partial charge in [-0.05, 0) is 78.6 Å². The summed E-state index contributed by atoms with van der Waals surface area (Å²) in [6.07, 6.45) is 11.7. The van der Waals surface area contributed by atoms with E-state index < -0.39 is 11.9 Å². The van der Waals surface area contributed by atoms with Crippen LogP contribution in [-0.2, 0) is 9.47 Å². The third kappa shape index (κ3) is 14.3. The van der Waals surface area contributed by atoms with E-state index in [1.54, 1.807) is 18.2 Å². The van der Waals surface area contributed by atoms with Crippen LogP contribution in [0.4, 0.5) is 11.4 Å². The number of hydrogen-bond donors (Lipinski definition) is 0. The van der Waals surface area contributed by atoms with Crippen molar-refractivity contribution in [3.8, 4) is 24.3 Å². The molecule has 0 aliphatic heterocycles. The number of unbranched alkanes of at least 4 members (excludes halogenated alkanes) is 6. The summed E-state index contributed by atoms with van der Waals surface area (Å²) in [6.45, 7) is 7.08. The molecule has 0 aliphatic carbocycles. The van der Waals surface area contributed by atoms with Gasteiger partial charge in [-0.2, -0.15) is 21.0 Å². The van der Waals surface area contributed by atoms with Gasteiger partial charge in [0, 0.05) is 24.5 Å². The zero-order valence-corrected chi connectivity index (χ0v) is 31.3. The van der Waals surface area contributed by atoms with Gasteiger partial charge < -0.3 is 19.3 Å². The SMILES string of the molecule is CCCCCCN(CCOC(=O)c1cccc(C(=O)OCCN(CCCCCC)c2ccc(C=C(C#N)C#N)cc2)c1)c1ccc(C=C(C#N)C#N)cc1. The first-order valence-corrected chi connectivity index (χ1v) is 18.5. The second-order valence-electron chi connectivity index (χ2n) is 12.7. The Labute approximate surface area is 319 Å². The molecule has 0 amide bonds. The fourth-order valence-electron chi connectivity index (χ4n) is 5.71. The summed E-state index contributed by atoms with van der Waals surface area (Å²) >= 11 is 0. The van der Waals surface area contributed by atoms with Gasteiger partial charge in [0.05, 0.1) is 24.2 Å². The van der Waals surface area contributed by atoms with Crippen LogP contribution in [0, 0.1) is 45.3 Å². The van der Waals surface area contributed by atoms with Crippen LogP contribution in [0.15, 0.2) is 83.9 Å². The largest absolute Gasteiger partial charge is 0.460 e. The first kappa shape index (κ1) is 42.1. The predicted octanol–water partition coefficient (Wildman–Crippen LogP) is 9.04. The number of esters is 2. The quantitative estimate of drug-likeness (QED) is 0.0557. The maximum Gasteiger partial charge on any atom is 0.338 e. The van der Waals surface area contributed by atoms with Crippen molar-refractivity contribution in [2.75, 3.05) is 49.2 Å². The summed E-state index contributed by atoms with van der Waals surface area (Å²) in [5, 5.41) is 36.3. The van der Waals surface area contributed by atoms with Gasteiger partial charge in [-0.3, -0.25) is 0 Å². The molecule has 0 N–H and O–H groups in total. The molecule has 3 aromatic carbocycles. The van der Waals surface area contributed by atoms with Crippen molar-refractivity contribution in [2.24, 2.45) is 0 Å². The summed E-state index contributed by atoms with van der Waals surface area (Å²) < 4.78 is 11.3. The van der Waals surface area contributed by atoms with E-state index in [9.17, 15) is 9.59 Å². The minimum Gasteiger partial charge on any atom is -0.460 e. The summed E-state index contributed by atoms with van der Waals surface area (Å²) in [4.78, 5) is 30.4. The number of nitriles is 4. The standard InChI is InChI=1S/C44H48N6O4/c1-3-5-7-9-22-49(41-18-14-35(15-19-41)28-37(31-45)32-46)24-26-53-43(51)39-12-11-13-40(30-39)44(52)54-27-25-50(23-10-8-6-4-2)42-20-16-36(17-21-42)29-38(33-47)34-48/h11-21,28-30H,3-10,22-27H2,1-2H3. The van der Waals surface area contributed by atoms with Crippen molar-refractivity contribution in [3.63, 3.8) is 0 Å². The molecule has 278 valence electrons. The fourth-order valence-corrected chi connectivity index (χ4v) is 5.71. The first-order valence-electron chi connectivity index (χ1n) is 18.5. The third-order valence-corrected chi connectivity index (χ3v) is 8.71. The van der Waals surface area contributed by atoms with Gasteiger partial charge in [0.2, 0.25) is 0 Å². The molecule has 0 heterocycles. The van der Waals surface area contributed by atoms with Crippen LogP contribution in [0.3, 0.4) is 0 Å². The minimum absolute atomic E-state index is 0.0332. The molecule has 0 atom stereocenters. The topological polar surface area (TPSA) is 154 Å². The highest BCUT2D eigenvalue weighted by molar-refractivity contribution is 5.95. The van der Waals surface area contributed by atoms with Crippen molar-refractivity contribution in [1.29, 1.82) is 21.0 Å². The smallest absolute Gasteiger partial charge is 0.338 e. The molecular formula is C44H48N6O4. The second-order valence-corrected chi connectivity index (χ2v) is 12.7. The molecule has 0 aromatic heterocycles. The van der Waals surface area contributed by atoms with Crippen LogP contribution >= 0.6 is 0 Å². The molecule has 0 aliphatic rings. The van der Waals surface area contributed by atoms with E-state index in [0.29, 0.717) is 13.1 Å². The number of anilines is 2. The number of allylic oxidation sites excluding steroid dienone is 2. The number of nitrogens with zero attached hydrogens (tertiary/aromatic N) is 6. The average molecular weight is 725 g/mol. The van der Waals surface area contributed by atoms with E-state index in [-0.39, 0.29) is 35.5 Å². The molecule has 54 heavy (non-hydrogen) atoms. The van der Waals surface area contributed by atoms with Gasteiger partial charge in [-0.25, -0.2) is 9.59 Å². The molecule has 0 spiro atoms. The van der Waals surface area contributed by atoms with Crippen molar-refractivity contribution in [3.05, 3.63) is 106 Å². The van der Waals surface area contributed by atoms with Gasteiger partial charge in [0.15, 0.2) is 0 Å². The summed E-state index contributed by atoms with van der Waals surface area (Å²) in [6, 6.07) is 29.0. The summed E-state index contributed by atoms with van der Waals surface area (Å²) in [5.41, 5.74) is 3.96. The van der Waals surface area contributed by atoms with Gasteiger partial charge in [0.1, 0.15) is 48.6 Å². The van der Waals surface area contributed by atoms with Gasteiger partial charge >= 0.3 is 11.9 Å². The Morgan fingerprint density at radius 1 is 0.556 bits per heavy atom. The predicted molar refractivity (Wildman–Crippen MR) is 211 cm³/mol. The number of ether oxygens (including phenoxy) is 2. The van der Waals surface area contributed by atoms with Crippen molar-refractivity contribution in [1.82, 2.24) is 0 Å². The Balaban J connectivity index is 1.60. The number of benzene rings is 3. The summed E-state index contributed by atoms with van der Waals surface area (Å²) in [7, 11) is 0. The second kappa shape index (κ2) is 24.0. The van der Waals surface area contributed by atoms with Crippen molar-refractivity contribution >= 4 is 35.5 Å². The fraction of sp³-hybridized carbons (Fsp3) is 0.364. The minimum atomic E-state index is -0.537. The molecule has 0 unspecified atom stereocenters. The number of carbonyl (C=O) groups is 2. The van der Waals surface area contributed by atoms with Gasteiger partial charge in [-0.1, -0.05) is 82.7 Å². The van der Waals surface area contributed by atoms with Gasteiger partial charge in [0.25, 0.3) is 0 Å². The molecule has 10 heteroatoms. The highest BCUT2D eigenvalue weighted by Gasteiger charge is 2.15. The Morgan fingerprint density at radius 2 is 0.944 bits per heavy atom. The molecule has 3 rings (SSSR count). The van der Waals surface area contributed by atoms with Crippen LogP contribution in [0.5, 0.6) is 0 Å². The summed E-state index contributed by atoms with van der Waals surface area (Å²) in [5.74, 6) is -1.07. The Bertz CT molecular complexity index is 1720. The van der Waals surface area contributed by atoms with E-state index >= 15 is 0 Å². The van der Waals surface area contributed by atoms with Crippen LogP contribution < -0.4 is 9.80 Å². The van der Waals surface area contributed by atoms with Gasteiger partial charge in [-0.15, -0.1) is 0 Å². The number of carbonyl (C=O) groups excluding carboxylic acids is 2. The van der Waals surface area contributed by atoms with Crippen LogP contribution in [0.2, 0.25) is 0 Å². The number of rotatable bonds is 22. The number of hydrogen-bond acceptors (Lipinski definition) is 10. The first-order chi connectivity index (χ1) is 26.3. The molecule has 0 radical (unpaired) electrons. The average Bonchev–Trinajstić information content (AvgIpc) is 3.21. The molecule has 0 saturated carbocycles. The highest BCUT2D eigenvalue weighted by Crippen LogP contribution is 2.20. The van der Waals surface area contributed by atoms with Crippen LogP contribution in [0.25, 0.3) is 12.2 Å². The van der Waals surface area contributed by atoms with E-state index in [1.165, 1.54) is 18.2 Å². The van der Waals surface area contributed by atoms with E-state index in [0.717, 1.165) is 87.0 Å². The molecule has 10 nitrogen and oxygen atoms in total. The Hall–Kier alpha value is -6.36. The maximum absolute atomic E-state index is 13.1. The van der Waals surface area contributed by atoms with Crippen LogP contribution in [0.1, 0.15) is 97.1 Å². The lowest BCUT2D eigenvalue weighted by atomic mass is 10.1. The molecule has 3 aromatic rings. The van der Waals surface area contributed by atoms with Crippen molar-refractivity contribution < 1.29 is 19.1 Å². The molecule has 0 saturated heterocycles. The van der Waals surface area contributed by atoms with E-state index in [2.05, 4.69) is 23.6 Å². The zero-order valence-electron chi connectivity index (χ0n) is 31.3. The Morgan fingerprint density at radius 3 is 1.30 bits per heavy atom. The third-order valence-electron chi connectivity index (χ3n) is 8.71.